The number of nitrogens with one attached hydrogen (secondary N) is 1. The standard InChI is InChI=1S/C22H39NO3/c1-8-17(24)20(22(5,6)7)23-19(21(25)26-9-2)18(15(3)4)16-13-11-10-12-14-16/h8,16-20,23-24H,1,3,9-14H2,2,4-7H3/t17?,18?,19?,20-/m0/s1. The van der Waals surface area contributed by atoms with Crippen molar-refractivity contribution < 1.29 is 14.6 Å². The van der Waals surface area contributed by atoms with Crippen LogP contribution in [0.25, 0.3) is 0 Å². The zero-order chi connectivity index (χ0) is 19.9. The summed E-state index contributed by atoms with van der Waals surface area (Å²) in [4.78, 5) is 12.9. The van der Waals surface area contributed by atoms with Crippen LogP contribution < -0.4 is 5.32 Å². The Morgan fingerprint density at radius 3 is 2.31 bits per heavy atom. The second-order valence-electron chi connectivity index (χ2n) is 8.74. The van der Waals surface area contributed by atoms with E-state index in [0.717, 1.165) is 18.4 Å². The lowest BCUT2D eigenvalue weighted by Crippen LogP contribution is -2.58. The van der Waals surface area contributed by atoms with Crippen LogP contribution in [0.15, 0.2) is 24.8 Å². The highest BCUT2D eigenvalue weighted by Gasteiger charge is 2.41. The predicted octanol–water partition coefficient (Wildman–Crippen LogP) is 4.24. The maximum atomic E-state index is 12.9. The van der Waals surface area contributed by atoms with Crippen LogP contribution in [0.2, 0.25) is 0 Å². The molecule has 1 fully saturated rings. The van der Waals surface area contributed by atoms with E-state index < -0.39 is 12.1 Å². The van der Waals surface area contributed by atoms with E-state index >= 15 is 0 Å². The lowest BCUT2D eigenvalue weighted by molar-refractivity contribution is -0.148. The Kier molecular flexibility index (Phi) is 9.05. The quantitative estimate of drug-likeness (QED) is 0.474. The fourth-order valence-corrected chi connectivity index (χ4v) is 4.19. The number of carbonyl (C=O) groups is 1. The molecule has 26 heavy (non-hydrogen) atoms. The molecule has 0 heterocycles. The molecule has 0 aromatic rings. The average Bonchev–Trinajstić information content (AvgIpc) is 2.57. The first-order valence-electron chi connectivity index (χ1n) is 10.0. The molecule has 4 nitrogen and oxygen atoms in total. The first-order valence-corrected chi connectivity index (χ1v) is 10.0. The van der Waals surface area contributed by atoms with E-state index in [-0.39, 0.29) is 23.3 Å². The monoisotopic (exact) mass is 365 g/mol. The normalized spacial score (nSPS) is 20.7. The molecule has 0 radical (unpaired) electrons. The van der Waals surface area contributed by atoms with Crippen LogP contribution in [-0.2, 0) is 9.53 Å². The lowest BCUT2D eigenvalue weighted by Gasteiger charge is -2.41. The highest BCUT2D eigenvalue weighted by molar-refractivity contribution is 5.77. The molecular formula is C22H39NO3. The number of esters is 1. The summed E-state index contributed by atoms with van der Waals surface area (Å²) in [6.07, 6.45) is 6.66. The fraction of sp³-hybridized carbons (Fsp3) is 0.773. The molecule has 0 aromatic heterocycles. The molecule has 0 spiro atoms. The topological polar surface area (TPSA) is 58.6 Å². The Morgan fingerprint density at radius 2 is 1.88 bits per heavy atom. The largest absolute Gasteiger partial charge is 0.465 e. The van der Waals surface area contributed by atoms with Gasteiger partial charge >= 0.3 is 5.97 Å². The van der Waals surface area contributed by atoms with Crippen LogP contribution in [0, 0.1) is 17.3 Å². The summed E-state index contributed by atoms with van der Waals surface area (Å²) < 4.78 is 5.40. The van der Waals surface area contributed by atoms with E-state index in [4.69, 9.17) is 4.74 Å². The van der Waals surface area contributed by atoms with Gasteiger partial charge in [-0.05, 0) is 38.0 Å². The SMILES string of the molecule is C=CC(O)[C@H](NC(C(=O)OCC)C(C(=C)C)C1CCCCC1)C(C)(C)C. The number of ether oxygens (including phenoxy) is 1. The van der Waals surface area contributed by atoms with E-state index in [2.05, 4.69) is 39.2 Å². The van der Waals surface area contributed by atoms with Crippen molar-refractivity contribution in [3.8, 4) is 0 Å². The van der Waals surface area contributed by atoms with Crippen molar-refractivity contribution in [1.29, 1.82) is 0 Å². The van der Waals surface area contributed by atoms with Crippen molar-refractivity contribution >= 4 is 5.97 Å². The van der Waals surface area contributed by atoms with Gasteiger partial charge in [0.15, 0.2) is 0 Å². The molecule has 4 atom stereocenters. The summed E-state index contributed by atoms with van der Waals surface area (Å²) in [6.45, 7) is 18.3. The smallest absolute Gasteiger partial charge is 0.323 e. The van der Waals surface area contributed by atoms with Crippen LogP contribution in [0.5, 0.6) is 0 Å². The van der Waals surface area contributed by atoms with Gasteiger partial charge < -0.3 is 9.84 Å². The number of hydrogen-bond acceptors (Lipinski definition) is 4. The molecule has 1 saturated carbocycles. The molecule has 0 aromatic carbocycles. The van der Waals surface area contributed by atoms with Crippen molar-refractivity contribution in [2.24, 2.45) is 17.3 Å². The molecule has 4 heteroatoms. The highest BCUT2D eigenvalue weighted by Crippen LogP contribution is 2.36. The third-order valence-electron chi connectivity index (χ3n) is 5.50. The zero-order valence-electron chi connectivity index (χ0n) is 17.4. The van der Waals surface area contributed by atoms with Gasteiger partial charge in [-0.2, -0.15) is 0 Å². The average molecular weight is 366 g/mol. The van der Waals surface area contributed by atoms with Crippen molar-refractivity contribution in [2.45, 2.75) is 84.9 Å². The Balaban J connectivity index is 3.20. The van der Waals surface area contributed by atoms with Gasteiger partial charge in [0, 0.05) is 12.0 Å². The molecule has 0 aliphatic heterocycles. The minimum absolute atomic E-state index is 0.0104. The van der Waals surface area contributed by atoms with E-state index in [1.165, 1.54) is 25.3 Å². The fourth-order valence-electron chi connectivity index (χ4n) is 4.19. The van der Waals surface area contributed by atoms with E-state index in [0.29, 0.717) is 12.5 Å². The second kappa shape index (κ2) is 10.3. The van der Waals surface area contributed by atoms with E-state index in [9.17, 15) is 9.90 Å². The van der Waals surface area contributed by atoms with Gasteiger partial charge in [0.25, 0.3) is 0 Å². The molecule has 2 N–H and O–H groups in total. The number of rotatable bonds is 9. The highest BCUT2D eigenvalue weighted by atomic mass is 16.5. The van der Waals surface area contributed by atoms with Crippen LogP contribution in [0.3, 0.4) is 0 Å². The van der Waals surface area contributed by atoms with Gasteiger partial charge in [-0.15, -0.1) is 6.58 Å². The summed E-state index contributed by atoms with van der Waals surface area (Å²) in [6, 6.07) is -0.811. The van der Waals surface area contributed by atoms with Crippen molar-refractivity contribution in [1.82, 2.24) is 5.32 Å². The Hall–Kier alpha value is -1.13. The minimum atomic E-state index is -0.746. The molecule has 1 aliphatic carbocycles. The summed E-state index contributed by atoms with van der Waals surface area (Å²) in [5.74, 6) is 0.178. The number of hydrogen-bond donors (Lipinski definition) is 2. The summed E-state index contributed by atoms with van der Waals surface area (Å²) in [7, 11) is 0. The van der Waals surface area contributed by atoms with Crippen molar-refractivity contribution in [3.63, 3.8) is 0 Å². The van der Waals surface area contributed by atoms with Gasteiger partial charge in [-0.1, -0.05) is 58.3 Å². The molecule has 150 valence electrons. The Labute approximate surface area is 160 Å². The van der Waals surface area contributed by atoms with Crippen LogP contribution >= 0.6 is 0 Å². The third kappa shape index (κ3) is 6.24. The van der Waals surface area contributed by atoms with Crippen molar-refractivity contribution in [2.75, 3.05) is 6.61 Å². The molecule has 1 rings (SSSR count). The van der Waals surface area contributed by atoms with Crippen LogP contribution in [0.4, 0.5) is 0 Å². The van der Waals surface area contributed by atoms with E-state index in [1.54, 1.807) is 0 Å². The van der Waals surface area contributed by atoms with Gasteiger partial charge in [0.2, 0.25) is 0 Å². The molecule has 0 amide bonds. The molecule has 0 saturated heterocycles. The number of carbonyl (C=O) groups excluding carboxylic acids is 1. The first-order chi connectivity index (χ1) is 12.1. The summed E-state index contributed by atoms with van der Waals surface area (Å²) in [5.41, 5.74) is 0.757. The third-order valence-corrected chi connectivity index (χ3v) is 5.50. The van der Waals surface area contributed by atoms with Gasteiger partial charge in [-0.25, -0.2) is 0 Å². The van der Waals surface area contributed by atoms with Crippen molar-refractivity contribution in [3.05, 3.63) is 24.8 Å². The zero-order valence-corrected chi connectivity index (χ0v) is 17.4. The minimum Gasteiger partial charge on any atom is -0.465 e. The van der Waals surface area contributed by atoms with E-state index in [1.807, 2.05) is 13.8 Å². The molecular weight excluding hydrogens is 326 g/mol. The molecule has 1 aliphatic rings. The van der Waals surface area contributed by atoms with Gasteiger partial charge in [0.1, 0.15) is 6.04 Å². The Bertz CT molecular complexity index is 474. The van der Waals surface area contributed by atoms with Gasteiger partial charge in [-0.3, -0.25) is 10.1 Å². The maximum absolute atomic E-state index is 12.9. The molecule has 0 bridgehead atoms. The summed E-state index contributed by atoms with van der Waals surface area (Å²) >= 11 is 0. The van der Waals surface area contributed by atoms with Crippen LogP contribution in [0.1, 0.15) is 66.7 Å². The summed E-state index contributed by atoms with van der Waals surface area (Å²) in [5, 5.41) is 13.9. The second-order valence-corrected chi connectivity index (χ2v) is 8.74. The molecule has 3 unspecified atom stereocenters. The predicted molar refractivity (Wildman–Crippen MR) is 108 cm³/mol. The number of aliphatic hydroxyl groups excluding tert-OH is 1. The maximum Gasteiger partial charge on any atom is 0.323 e. The lowest BCUT2D eigenvalue weighted by atomic mass is 9.72. The Morgan fingerprint density at radius 1 is 1.31 bits per heavy atom. The first kappa shape index (κ1) is 22.9. The van der Waals surface area contributed by atoms with Crippen LogP contribution in [-0.4, -0.2) is 35.9 Å². The van der Waals surface area contributed by atoms with Gasteiger partial charge in [0.05, 0.1) is 12.7 Å². The number of aliphatic hydroxyl groups is 1.